The number of ether oxygens (including phenoxy) is 1. The van der Waals surface area contributed by atoms with Crippen LogP contribution in [0.25, 0.3) is 11.3 Å². The van der Waals surface area contributed by atoms with Crippen LogP contribution in [0.1, 0.15) is 17.7 Å². The highest BCUT2D eigenvalue weighted by atomic mass is 35.5. The number of fused-ring (bicyclic) bond motifs is 1. The third-order valence-electron chi connectivity index (χ3n) is 5.23. The molecule has 9 heteroatoms. The lowest BCUT2D eigenvalue weighted by Gasteiger charge is -2.29. The molecule has 1 aromatic carbocycles. The van der Waals surface area contributed by atoms with Crippen LogP contribution in [0.3, 0.4) is 0 Å². The Morgan fingerprint density at radius 3 is 2.75 bits per heavy atom. The molecule has 0 atom stereocenters. The van der Waals surface area contributed by atoms with Gasteiger partial charge in [-0.05, 0) is 6.07 Å². The maximum atomic E-state index is 12.4. The van der Waals surface area contributed by atoms with E-state index in [1.807, 2.05) is 4.90 Å². The first-order chi connectivity index (χ1) is 13.5. The Kier molecular flexibility index (Phi) is 5.43. The SMILES string of the molecule is O=C(CCN1CCc2noc(-c3cc(Cl)c(O)cc3O)c2C1)N1CCOCC1. The van der Waals surface area contributed by atoms with Crippen molar-refractivity contribution in [3.05, 3.63) is 28.4 Å². The molecule has 1 fully saturated rings. The topological polar surface area (TPSA) is 99.3 Å². The standard InChI is InChI=1S/C19H22ClN3O5/c20-14-9-12(16(24)10-17(14)25)19-13-11-22(3-1-15(13)21-28-19)4-2-18(26)23-5-7-27-8-6-23/h9-10,24-25H,1-8,11H2. The second-order valence-corrected chi connectivity index (χ2v) is 7.43. The van der Waals surface area contributed by atoms with Crippen molar-refractivity contribution in [2.24, 2.45) is 0 Å². The average molecular weight is 408 g/mol. The van der Waals surface area contributed by atoms with Crippen LogP contribution >= 0.6 is 11.6 Å². The molecule has 0 aliphatic carbocycles. The van der Waals surface area contributed by atoms with E-state index in [1.165, 1.54) is 12.1 Å². The van der Waals surface area contributed by atoms with E-state index in [1.54, 1.807) is 0 Å². The van der Waals surface area contributed by atoms with Gasteiger partial charge < -0.3 is 24.4 Å². The van der Waals surface area contributed by atoms with Crippen molar-refractivity contribution in [3.63, 3.8) is 0 Å². The number of benzene rings is 1. The molecule has 0 bridgehead atoms. The summed E-state index contributed by atoms with van der Waals surface area (Å²) in [7, 11) is 0. The van der Waals surface area contributed by atoms with E-state index >= 15 is 0 Å². The Balaban J connectivity index is 1.46. The molecule has 28 heavy (non-hydrogen) atoms. The van der Waals surface area contributed by atoms with Crippen LogP contribution in [-0.2, 0) is 22.5 Å². The van der Waals surface area contributed by atoms with Crippen molar-refractivity contribution in [2.75, 3.05) is 39.4 Å². The first-order valence-corrected chi connectivity index (χ1v) is 9.68. The molecule has 0 spiro atoms. The maximum absolute atomic E-state index is 12.4. The number of phenols is 2. The van der Waals surface area contributed by atoms with Gasteiger partial charge in [-0.2, -0.15) is 0 Å². The van der Waals surface area contributed by atoms with Crippen LogP contribution in [0.4, 0.5) is 0 Å². The number of hydrogen-bond acceptors (Lipinski definition) is 7. The lowest BCUT2D eigenvalue weighted by Crippen LogP contribution is -2.42. The Morgan fingerprint density at radius 1 is 1.18 bits per heavy atom. The first kappa shape index (κ1) is 19.0. The van der Waals surface area contributed by atoms with E-state index < -0.39 is 0 Å². The van der Waals surface area contributed by atoms with Crippen LogP contribution in [0.2, 0.25) is 5.02 Å². The lowest BCUT2D eigenvalue weighted by atomic mass is 10.0. The van der Waals surface area contributed by atoms with Crippen LogP contribution in [0, 0.1) is 0 Å². The van der Waals surface area contributed by atoms with Gasteiger partial charge in [-0.1, -0.05) is 16.8 Å². The van der Waals surface area contributed by atoms with E-state index in [-0.39, 0.29) is 22.4 Å². The van der Waals surface area contributed by atoms with E-state index in [0.717, 1.165) is 17.8 Å². The minimum absolute atomic E-state index is 0.125. The fraction of sp³-hybridized carbons (Fsp3) is 0.474. The van der Waals surface area contributed by atoms with Crippen LogP contribution in [-0.4, -0.2) is 70.5 Å². The van der Waals surface area contributed by atoms with Crippen molar-refractivity contribution >= 4 is 17.5 Å². The number of rotatable bonds is 4. The Labute approximate surface area is 167 Å². The van der Waals surface area contributed by atoms with Gasteiger partial charge in [0, 0.05) is 57.2 Å². The summed E-state index contributed by atoms with van der Waals surface area (Å²) in [5, 5.41) is 24.1. The Bertz CT molecular complexity index is 879. The molecule has 2 aliphatic rings. The van der Waals surface area contributed by atoms with Crippen molar-refractivity contribution in [1.29, 1.82) is 0 Å². The molecule has 1 aromatic heterocycles. The van der Waals surface area contributed by atoms with Gasteiger partial charge >= 0.3 is 0 Å². The number of carbonyl (C=O) groups is 1. The zero-order valence-corrected chi connectivity index (χ0v) is 16.1. The van der Waals surface area contributed by atoms with Crippen molar-refractivity contribution < 1.29 is 24.3 Å². The highest BCUT2D eigenvalue weighted by Gasteiger charge is 2.27. The summed E-state index contributed by atoms with van der Waals surface area (Å²) in [6.07, 6.45) is 1.16. The quantitative estimate of drug-likeness (QED) is 0.799. The van der Waals surface area contributed by atoms with Crippen molar-refractivity contribution in [1.82, 2.24) is 15.0 Å². The molecule has 0 unspecified atom stereocenters. The zero-order valence-electron chi connectivity index (χ0n) is 15.4. The van der Waals surface area contributed by atoms with Crippen LogP contribution < -0.4 is 0 Å². The summed E-state index contributed by atoms with van der Waals surface area (Å²) in [4.78, 5) is 16.4. The third-order valence-corrected chi connectivity index (χ3v) is 5.53. The number of aromatic hydroxyl groups is 2. The summed E-state index contributed by atoms with van der Waals surface area (Å²) in [6.45, 7) is 4.51. The molecule has 3 heterocycles. The first-order valence-electron chi connectivity index (χ1n) is 9.30. The molecule has 2 aliphatic heterocycles. The number of phenolic OH excluding ortho intramolecular Hbond substituents is 2. The predicted molar refractivity (Wildman–Crippen MR) is 101 cm³/mol. The highest BCUT2D eigenvalue weighted by molar-refractivity contribution is 6.32. The minimum Gasteiger partial charge on any atom is -0.507 e. The number of hydrogen-bond donors (Lipinski definition) is 2. The minimum atomic E-state index is -0.195. The lowest BCUT2D eigenvalue weighted by molar-refractivity contribution is -0.135. The van der Waals surface area contributed by atoms with Crippen molar-refractivity contribution in [3.8, 4) is 22.8 Å². The largest absolute Gasteiger partial charge is 0.507 e. The molecule has 4 rings (SSSR count). The molecule has 0 saturated carbocycles. The molecular weight excluding hydrogens is 386 g/mol. The smallest absolute Gasteiger partial charge is 0.224 e. The number of amides is 1. The van der Waals surface area contributed by atoms with E-state index in [0.29, 0.717) is 63.6 Å². The number of morpholine rings is 1. The monoisotopic (exact) mass is 407 g/mol. The molecule has 8 nitrogen and oxygen atoms in total. The van der Waals surface area contributed by atoms with Crippen LogP contribution in [0.5, 0.6) is 11.5 Å². The summed E-state index contributed by atoms with van der Waals surface area (Å²) < 4.78 is 10.8. The Hall–Kier alpha value is -2.29. The number of aromatic nitrogens is 1. The molecule has 1 saturated heterocycles. The highest BCUT2D eigenvalue weighted by Crippen LogP contribution is 2.40. The summed E-state index contributed by atoms with van der Waals surface area (Å²) >= 11 is 5.99. The third kappa shape index (κ3) is 3.80. The molecule has 150 valence electrons. The van der Waals surface area contributed by atoms with E-state index in [9.17, 15) is 15.0 Å². The van der Waals surface area contributed by atoms with Crippen molar-refractivity contribution in [2.45, 2.75) is 19.4 Å². The predicted octanol–water partition coefficient (Wildman–Crippen LogP) is 2.01. The molecule has 2 N–H and O–H groups in total. The second kappa shape index (κ2) is 7.98. The van der Waals surface area contributed by atoms with E-state index in [2.05, 4.69) is 10.1 Å². The number of halogens is 1. The summed E-state index contributed by atoms with van der Waals surface area (Å²) in [5.74, 6) is 0.265. The van der Waals surface area contributed by atoms with Gasteiger partial charge in [0.25, 0.3) is 0 Å². The average Bonchev–Trinajstić information content (AvgIpc) is 3.12. The Morgan fingerprint density at radius 2 is 1.96 bits per heavy atom. The fourth-order valence-corrected chi connectivity index (χ4v) is 3.79. The maximum Gasteiger partial charge on any atom is 0.224 e. The summed E-state index contributed by atoms with van der Waals surface area (Å²) in [5.41, 5.74) is 2.11. The van der Waals surface area contributed by atoms with E-state index in [4.69, 9.17) is 20.9 Å². The van der Waals surface area contributed by atoms with Gasteiger partial charge in [0.1, 0.15) is 11.5 Å². The summed E-state index contributed by atoms with van der Waals surface area (Å²) in [6, 6.07) is 2.65. The number of carbonyl (C=O) groups excluding carboxylic acids is 1. The van der Waals surface area contributed by atoms with Gasteiger partial charge in [-0.25, -0.2) is 0 Å². The molecular formula is C19H22ClN3O5. The van der Waals surface area contributed by atoms with Gasteiger partial charge in [-0.3, -0.25) is 9.69 Å². The number of nitrogens with zero attached hydrogens (tertiary/aromatic N) is 3. The zero-order chi connectivity index (χ0) is 19.7. The van der Waals surface area contributed by atoms with Gasteiger partial charge in [-0.15, -0.1) is 0 Å². The molecule has 0 radical (unpaired) electrons. The van der Waals surface area contributed by atoms with Crippen LogP contribution in [0.15, 0.2) is 16.7 Å². The van der Waals surface area contributed by atoms with Gasteiger partial charge in [0.05, 0.1) is 29.5 Å². The van der Waals surface area contributed by atoms with Gasteiger partial charge in [0.2, 0.25) is 5.91 Å². The fourth-order valence-electron chi connectivity index (χ4n) is 3.63. The second-order valence-electron chi connectivity index (χ2n) is 7.03. The molecule has 1 amide bonds. The normalized spacial score (nSPS) is 17.5. The van der Waals surface area contributed by atoms with Gasteiger partial charge in [0.15, 0.2) is 5.76 Å². The molecule has 2 aromatic rings.